The van der Waals surface area contributed by atoms with Gasteiger partial charge in [-0.3, -0.25) is 4.57 Å². The Labute approximate surface area is 245 Å². The van der Waals surface area contributed by atoms with Crippen LogP contribution in [0.15, 0.2) is 103 Å². The first-order valence-electron chi connectivity index (χ1n) is 14.1. The molecule has 0 saturated carbocycles. The molecule has 4 aromatic carbocycles. The molecule has 6 heteroatoms. The number of hydrogen-bond acceptors (Lipinski definition) is 5. The third-order valence-electron chi connectivity index (χ3n) is 8.03. The maximum absolute atomic E-state index is 9.96. The number of nitrogens with zero attached hydrogens (tertiary/aromatic N) is 5. The van der Waals surface area contributed by atoms with E-state index in [0.29, 0.717) is 11.3 Å². The maximum Gasteiger partial charge on any atom is 0.137 e. The first-order chi connectivity index (χ1) is 20.3. The molecule has 0 saturated heterocycles. The Hall–Kier alpha value is -5.28. The molecule has 7 rings (SSSR count). The average molecular weight is 550 g/mol. The molecular weight excluding hydrogens is 518 g/mol. The summed E-state index contributed by atoms with van der Waals surface area (Å²) in [6.45, 7) is 7.37. The first-order valence-corrected chi connectivity index (χ1v) is 14.1. The molecule has 6 aromatic rings. The molecule has 0 unspecified atom stereocenters. The molecular formula is C36H31N5O. The Morgan fingerprint density at radius 3 is 2.40 bits per heavy atom. The van der Waals surface area contributed by atoms with Gasteiger partial charge in [-0.25, -0.2) is 4.98 Å². The molecule has 0 bridgehead atoms. The topological polar surface area (TPSA) is 57.3 Å². The lowest BCUT2D eigenvalue weighted by molar-refractivity contribution is 0.483. The van der Waals surface area contributed by atoms with Crippen LogP contribution >= 0.6 is 0 Å². The normalized spacial score (nSPS) is 13.0. The van der Waals surface area contributed by atoms with E-state index in [4.69, 9.17) is 9.72 Å². The number of anilines is 3. The molecule has 206 valence electrons. The number of para-hydroxylation sites is 2. The van der Waals surface area contributed by atoms with Crippen molar-refractivity contribution in [2.45, 2.75) is 26.2 Å². The minimum absolute atomic E-state index is 0.0295. The van der Waals surface area contributed by atoms with Crippen LogP contribution in [0.5, 0.6) is 11.5 Å². The zero-order valence-electron chi connectivity index (χ0n) is 24.2. The van der Waals surface area contributed by atoms with Crippen LogP contribution in [0, 0.1) is 11.3 Å². The lowest BCUT2D eigenvalue weighted by Crippen LogP contribution is -2.23. The lowest BCUT2D eigenvalue weighted by atomic mass is 9.88. The third-order valence-corrected chi connectivity index (χ3v) is 8.03. The van der Waals surface area contributed by atoms with Crippen LogP contribution in [0.4, 0.5) is 17.1 Å². The molecule has 0 atom stereocenters. The largest absolute Gasteiger partial charge is 0.457 e. The van der Waals surface area contributed by atoms with Crippen molar-refractivity contribution in [2.75, 3.05) is 23.5 Å². The van der Waals surface area contributed by atoms with Gasteiger partial charge < -0.3 is 14.5 Å². The predicted octanol–water partition coefficient (Wildman–Crippen LogP) is 8.69. The van der Waals surface area contributed by atoms with Gasteiger partial charge in [-0.15, -0.1) is 0 Å². The molecule has 1 aliphatic heterocycles. The Balaban J connectivity index is 1.33. The van der Waals surface area contributed by atoms with E-state index in [1.807, 2.05) is 48.7 Å². The summed E-state index contributed by atoms with van der Waals surface area (Å²) in [6, 6.07) is 35.2. The molecule has 1 aliphatic rings. The molecule has 0 radical (unpaired) electrons. The smallest absolute Gasteiger partial charge is 0.137 e. The Morgan fingerprint density at radius 2 is 1.60 bits per heavy atom. The van der Waals surface area contributed by atoms with Crippen LogP contribution in [0.1, 0.15) is 31.9 Å². The number of nitriles is 1. The van der Waals surface area contributed by atoms with Gasteiger partial charge in [0.15, 0.2) is 0 Å². The Morgan fingerprint density at radius 1 is 0.810 bits per heavy atom. The van der Waals surface area contributed by atoms with E-state index >= 15 is 0 Å². The first kappa shape index (κ1) is 25.7. The highest BCUT2D eigenvalue weighted by molar-refractivity contribution is 6.12. The van der Waals surface area contributed by atoms with E-state index in [-0.39, 0.29) is 5.41 Å². The van der Waals surface area contributed by atoms with E-state index in [1.165, 1.54) is 16.9 Å². The van der Waals surface area contributed by atoms with Crippen molar-refractivity contribution >= 4 is 38.9 Å². The number of benzene rings is 4. The highest BCUT2D eigenvalue weighted by Gasteiger charge is 2.24. The van der Waals surface area contributed by atoms with Crippen molar-refractivity contribution in [1.82, 2.24) is 9.55 Å². The van der Waals surface area contributed by atoms with Crippen molar-refractivity contribution in [3.05, 3.63) is 114 Å². The standard InChI is InChI=1S/C36H31N5O/c1-36(2,3)25-17-18-38-34(19-25)41-32-14-7-9-24(22-37)35(32)29-16-15-28(21-33(29)41)42-27-11-8-10-26(20-27)40-23-39(4)30-12-5-6-13-31(30)40/h5-21H,23H2,1-4H3. The fourth-order valence-corrected chi connectivity index (χ4v) is 5.91. The van der Waals surface area contributed by atoms with Crippen molar-refractivity contribution < 1.29 is 4.74 Å². The summed E-state index contributed by atoms with van der Waals surface area (Å²) in [5.41, 5.74) is 7.15. The second-order valence-corrected chi connectivity index (χ2v) is 11.8. The van der Waals surface area contributed by atoms with E-state index in [0.717, 1.165) is 45.7 Å². The van der Waals surface area contributed by atoms with Gasteiger partial charge in [0.25, 0.3) is 0 Å². The number of fused-ring (bicyclic) bond motifs is 4. The third kappa shape index (κ3) is 4.22. The zero-order valence-corrected chi connectivity index (χ0v) is 24.2. The molecule has 0 spiro atoms. The van der Waals surface area contributed by atoms with Crippen LogP contribution in [-0.4, -0.2) is 23.3 Å². The molecule has 0 fully saturated rings. The van der Waals surface area contributed by atoms with E-state index in [9.17, 15) is 5.26 Å². The highest BCUT2D eigenvalue weighted by atomic mass is 16.5. The van der Waals surface area contributed by atoms with Gasteiger partial charge in [0.1, 0.15) is 17.3 Å². The molecule has 2 aromatic heterocycles. The van der Waals surface area contributed by atoms with Crippen molar-refractivity contribution in [2.24, 2.45) is 0 Å². The van der Waals surface area contributed by atoms with Crippen molar-refractivity contribution in [3.8, 4) is 23.4 Å². The Kier molecular flexibility index (Phi) is 5.91. The summed E-state index contributed by atoms with van der Waals surface area (Å²) in [6.07, 6.45) is 1.86. The average Bonchev–Trinajstić information content (AvgIpc) is 3.51. The van der Waals surface area contributed by atoms with E-state index in [2.05, 4.69) is 103 Å². The van der Waals surface area contributed by atoms with Gasteiger partial charge in [-0.2, -0.15) is 5.26 Å². The van der Waals surface area contributed by atoms with Gasteiger partial charge in [-0.1, -0.05) is 45.0 Å². The summed E-state index contributed by atoms with van der Waals surface area (Å²) in [5, 5.41) is 11.9. The minimum atomic E-state index is -0.0295. The summed E-state index contributed by atoms with van der Waals surface area (Å²) >= 11 is 0. The number of ether oxygens (including phenoxy) is 1. The fraction of sp³-hybridized carbons (Fsp3) is 0.167. The Bertz CT molecular complexity index is 2030. The molecule has 0 N–H and O–H groups in total. The summed E-state index contributed by atoms with van der Waals surface area (Å²) < 4.78 is 8.62. The van der Waals surface area contributed by atoms with Crippen LogP contribution in [0.25, 0.3) is 27.6 Å². The molecule has 0 aliphatic carbocycles. The number of pyridine rings is 1. The monoisotopic (exact) mass is 549 g/mol. The maximum atomic E-state index is 9.96. The number of hydrogen-bond donors (Lipinski definition) is 0. The zero-order chi connectivity index (χ0) is 29.0. The fourth-order valence-electron chi connectivity index (χ4n) is 5.91. The van der Waals surface area contributed by atoms with Gasteiger partial charge in [0.05, 0.1) is 40.7 Å². The van der Waals surface area contributed by atoms with Crippen molar-refractivity contribution in [1.29, 1.82) is 5.26 Å². The molecule has 3 heterocycles. The van der Waals surface area contributed by atoms with Gasteiger partial charge in [-0.05, 0) is 71.6 Å². The van der Waals surface area contributed by atoms with Gasteiger partial charge in [0.2, 0.25) is 0 Å². The lowest BCUT2D eigenvalue weighted by Gasteiger charge is -2.20. The van der Waals surface area contributed by atoms with Crippen LogP contribution in [0.3, 0.4) is 0 Å². The van der Waals surface area contributed by atoms with E-state index < -0.39 is 0 Å². The molecule has 42 heavy (non-hydrogen) atoms. The predicted molar refractivity (Wildman–Crippen MR) is 170 cm³/mol. The van der Waals surface area contributed by atoms with Crippen LogP contribution < -0.4 is 14.5 Å². The number of aromatic nitrogens is 2. The summed E-state index contributed by atoms with van der Waals surface area (Å²) in [5.74, 6) is 2.29. The van der Waals surface area contributed by atoms with Crippen LogP contribution in [0.2, 0.25) is 0 Å². The quantitative estimate of drug-likeness (QED) is 0.220. The minimum Gasteiger partial charge on any atom is -0.457 e. The van der Waals surface area contributed by atoms with Gasteiger partial charge >= 0.3 is 0 Å². The van der Waals surface area contributed by atoms with E-state index in [1.54, 1.807) is 0 Å². The van der Waals surface area contributed by atoms with Gasteiger partial charge in [0, 0.05) is 41.8 Å². The summed E-state index contributed by atoms with van der Waals surface area (Å²) in [4.78, 5) is 9.31. The van der Waals surface area contributed by atoms with Crippen molar-refractivity contribution in [3.63, 3.8) is 0 Å². The SMILES string of the molecule is CN1CN(c2cccc(Oc3ccc4c5c(C#N)cccc5n(-c5cc(C(C)(C)C)ccn5)c4c3)c2)c2ccccc21. The molecule has 0 amide bonds. The molecule has 6 nitrogen and oxygen atoms in total. The highest BCUT2D eigenvalue weighted by Crippen LogP contribution is 2.41. The second-order valence-electron chi connectivity index (χ2n) is 11.8. The second kappa shape index (κ2) is 9.67. The van der Waals surface area contributed by atoms with Crippen LogP contribution in [-0.2, 0) is 5.41 Å². The number of rotatable bonds is 4. The summed E-state index contributed by atoms with van der Waals surface area (Å²) in [7, 11) is 2.11.